The van der Waals surface area contributed by atoms with Crippen molar-refractivity contribution in [3.8, 4) is 0 Å². The molecule has 1 N–H and O–H groups in total. The molecule has 1 saturated heterocycles. The van der Waals surface area contributed by atoms with Gasteiger partial charge in [0.05, 0.1) is 11.4 Å². The van der Waals surface area contributed by atoms with Crippen molar-refractivity contribution in [3.05, 3.63) is 29.6 Å². The Balaban J connectivity index is 2.14. The fraction of sp³-hybridized carbons (Fsp3) is 0.533. The molecule has 122 valence electrons. The fourth-order valence-corrected chi connectivity index (χ4v) is 4.39. The second-order valence-electron chi connectivity index (χ2n) is 5.56. The van der Waals surface area contributed by atoms with Crippen LogP contribution in [0.1, 0.15) is 31.7 Å². The zero-order chi connectivity index (χ0) is 16.3. The molecule has 1 aliphatic heterocycles. The maximum atomic E-state index is 13.8. The molecular weight excluding hydrogens is 307 g/mol. The van der Waals surface area contributed by atoms with Gasteiger partial charge in [-0.05, 0) is 43.9 Å². The average molecular weight is 328 g/mol. The Kier molecular flexibility index (Phi) is 5.18. The maximum Gasteiger partial charge on any atom is 0.242 e. The van der Waals surface area contributed by atoms with Gasteiger partial charge >= 0.3 is 0 Å². The Morgan fingerprint density at radius 3 is 2.82 bits per heavy atom. The van der Waals surface area contributed by atoms with Gasteiger partial charge in [-0.15, -0.1) is 0 Å². The first-order valence-electron chi connectivity index (χ1n) is 7.41. The number of halogens is 1. The summed E-state index contributed by atoms with van der Waals surface area (Å²) in [5.74, 6) is -0.968. The van der Waals surface area contributed by atoms with E-state index in [1.165, 1.54) is 16.4 Å². The molecule has 1 amide bonds. The first kappa shape index (κ1) is 16.9. The van der Waals surface area contributed by atoms with Crippen LogP contribution in [0.3, 0.4) is 0 Å². The van der Waals surface area contributed by atoms with Crippen molar-refractivity contribution in [2.75, 3.05) is 17.6 Å². The van der Waals surface area contributed by atoms with Gasteiger partial charge in [-0.25, -0.2) is 12.8 Å². The smallest absolute Gasteiger partial charge is 0.242 e. The minimum Gasteiger partial charge on any atom is -0.322 e. The van der Waals surface area contributed by atoms with E-state index in [2.05, 4.69) is 5.32 Å². The molecule has 1 atom stereocenters. The van der Waals surface area contributed by atoms with E-state index in [-0.39, 0.29) is 11.4 Å². The van der Waals surface area contributed by atoms with Crippen molar-refractivity contribution in [1.82, 2.24) is 4.31 Å². The lowest BCUT2D eigenvalue weighted by Gasteiger charge is -2.23. The van der Waals surface area contributed by atoms with Crippen LogP contribution in [-0.2, 0) is 14.8 Å². The lowest BCUT2D eigenvalue weighted by Crippen LogP contribution is -2.44. The predicted octanol–water partition coefficient (Wildman–Crippen LogP) is 2.28. The van der Waals surface area contributed by atoms with Gasteiger partial charge in [0.15, 0.2) is 0 Å². The summed E-state index contributed by atoms with van der Waals surface area (Å²) in [6.07, 6.45) is 1.60. The van der Waals surface area contributed by atoms with E-state index in [1.54, 1.807) is 19.9 Å². The normalized spacial score (nSPS) is 19.3. The number of anilines is 1. The van der Waals surface area contributed by atoms with Gasteiger partial charge in [-0.2, -0.15) is 4.31 Å². The Morgan fingerprint density at radius 2 is 2.18 bits per heavy atom. The summed E-state index contributed by atoms with van der Waals surface area (Å²) in [5, 5.41) is 2.50. The largest absolute Gasteiger partial charge is 0.322 e. The van der Waals surface area contributed by atoms with E-state index < -0.39 is 27.8 Å². The summed E-state index contributed by atoms with van der Waals surface area (Å²) in [6, 6.07) is 3.76. The summed E-state index contributed by atoms with van der Waals surface area (Å²) >= 11 is 0. The quantitative estimate of drug-likeness (QED) is 0.902. The van der Waals surface area contributed by atoms with Crippen molar-refractivity contribution in [1.29, 1.82) is 0 Å². The molecule has 0 aliphatic carbocycles. The van der Waals surface area contributed by atoms with Gasteiger partial charge < -0.3 is 5.32 Å². The number of carbonyl (C=O) groups excluding carboxylic acids is 1. The second kappa shape index (κ2) is 6.75. The Morgan fingerprint density at radius 1 is 1.45 bits per heavy atom. The zero-order valence-corrected chi connectivity index (χ0v) is 13.6. The summed E-state index contributed by atoms with van der Waals surface area (Å²) in [5.41, 5.74) is 0.832. The maximum absolute atomic E-state index is 13.8. The SMILES string of the molecule is CCCS(=O)(=O)N1CCCC1C(=O)Nc1ccc(C)cc1F. The van der Waals surface area contributed by atoms with E-state index in [9.17, 15) is 17.6 Å². The number of hydrogen-bond acceptors (Lipinski definition) is 3. The second-order valence-corrected chi connectivity index (χ2v) is 7.60. The van der Waals surface area contributed by atoms with Crippen LogP contribution in [-0.4, -0.2) is 37.0 Å². The first-order chi connectivity index (χ1) is 10.3. The van der Waals surface area contributed by atoms with Crippen LogP contribution in [0.4, 0.5) is 10.1 Å². The third kappa shape index (κ3) is 3.64. The van der Waals surface area contributed by atoms with Crippen LogP contribution in [0, 0.1) is 12.7 Å². The van der Waals surface area contributed by atoms with Gasteiger partial charge in [0.2, 0.25) is 15.9 Å². The number of rotatable bonds is 5. The number of carbonyl (C=O) groups is 1. The number of sulfonamides is 1. The van der Waals surface area contributed by atoms with Gasteiger partial charge in [0, 0.05) is 6.54 Å². The van der Waals surface area contributed by atoms with Gasteiger partial charge in [-0.1, -0.05) is 13.0 Å². The standard InChI is InChI=1S/C15H21FN2O3S/c1-3-9-22(20,21)18-8-4-5-14(18)15(19)17-13-7-6-11(2)10-12(13)16/h6-7,10,14H,3-5,8-9H2,1-2H3,(H,17,19). The van der Waals surface area contributed by atoms with Crippen LogP contribution in [0.15, 0.2) is 18.2 Å². The Bertz CT molecular complexity index is 661. The number of nitrogens with one attached hydrogen (secondary N) is 1. The Labute approximate surface area is 130 Å². The van der Waals surface area contributed by atoms with E-state index in [0.717, 1.165) is 5.56 Å². The van der Waals surface area contributed by atoms with Crippen LogP contribution in [0.25, 0.3) is 0 Å². The fourth-order valence-electron chi connectivity index (χ4n) is 2.65. The minimum absolute atomic E-state index is 0.0235. The van der Waals surface area contributed by atoms with E-state index in [0.29, 0.717) is 25.8 Å². The Hall–Kier alpha value is -1.47. The van der Waals surface area contributed by atoms with Crippen molar-refractivity contribution in [3.63, 3.8) is 0 Å². The molecule has 22 heavy (non-hydrogen) atoms. The molecule has 1 aromatic rings. The minimum atomic E-state index is -3.43. The van der Waals surface area contributed by atoms with Crippen LogP contribution in [0.5, 0.6) is 0 Å². The molecule has 0 aromatic heterocycles. The highest BCUT2D eigenvalue weighted by Gasteiger charge is 2.38. The molecule has 1 heterocycles. The zero-order valence-electron chi connectivity index (χ0n) is 12.8. The summed E-state index contributed by atoms with van der Waals surface area (Å²) in [6.45, 7) is 3.88. The first-order valence-corrected chi connectivity index (χ1v) is 9.02. The van der Waals surface area contributed by atoms with Crippen molar-refractivity contribution >= 4 is 21.6 Å². The highest BCUT2D eigenvalue weighted by Crippen LogP contribution is 2.24. The highest BCUT2D eigenvalue weighted by atomic mass is 32.2. The molecular formula is C15H21FN2O3S. The summed E-state index contributed by atoms with van der Waals surface area (Å²) in [4.78, 5) is 12.3. The molecule has 1 unspecified atom stereocenters. The summed E-state index contributed by atoms with van der Waals surface area (Å²) < 4.78 is 39.4. The van der Waals surface area contributed by atoms with Crippen LogP contribution in [0.2, 0.25) is 0 Å². The number of amides is 1. The van der Waals surface area contributed by atoms with Gasteiger partial charge in [0.25, 0.3) is 0 Å². The molecule has 7 heteroatoms. The van der Waals surface area contributed by atoms with Crippen molar-refractivity contribution in [2.45, 2.75) is 39.2 Å². The van der Waals surface area contributed by atoms with Crippen molar-refractivity contribution in [2.24, 2.45) is 0 Å². The lowest BCUT2D eigenvalue weighted by molar-refractivity contribution is -0.119. The highest BCUT2D eigenvalue weighted by molar-refractivity contribution is 7.89. The molecule has 0 saturated carbocycles. The van der Waals surface area contributed by atoms with E-state index in [4.69, 9.17) is 0 Å². The van der Waals surface area contributed by atoms with Crippen LogP contribution >= 0.6 is 0 Å². The molecule has 0 spiro atoms. The number of nitrogens with zero attached hydrogens (tertiary/aromatic N) is 1. The molecule has 1 fully saturated rings. The van der Waals surface area contributed by atoms with E-state index in [1.807, 2.05) is 0 Å². The molecule has 5 nitrogen and oxygen atoms in total. The number of hydrogen-bond donors (Lipinski definition) is 1. The third-order valence-electron chi connectivity index (χ3n) is 3.71. The predicted molar refractivity (Wildman–Crippen MR) is 83.6 cm³/mol. The average Bonchev–Trinajstić information content (AvgIpc) is 2.92. The van der Waals surface area contributed by atoms with Crippen LogP contribution < -0.4 is 5.32 Å². The van der Waals surface area contributed by atoms with Gasteiger partial charge in [-0.3, -0.25) is 4.79 Å². The number of aryl methyl sites for hydroxylation is 1. The van der Waals surface area contributed by atoms with Crippen molar-refractivity contribution < 1.29 is 17.6 Å². The topological polar surface area (TPSA) is 66.5 Å². The van der Waals surface area contributed by atoms with Gasteiger partial charge in [0.1, 0.15) is 11.9 Å². The monoisotopic (exact) mass is 328 g/mol. The third-order valence-corrected chi connectivity index (χ3v) is 5.78. The summed E-state index contributed by atoms with van der Waals surface area (Å²) in [7, 11) is -3.43. The lowest BCUT2D eigenvalue weighted by atomic mass is 10.2. The molecule has 0 bridgehead atoms. The molecule has 0 radical (unpaired) electrons. The molecule has 2 rings (SSSR count). The number of benzene rings is 1. The molecule has 1 aliphatic rings. The van der Waals surface area contributed by atoms with E-state index >= 15 is 0 Å². The molecule has 1 aromatic carbocycles.